The Morgan fingerprint density at radius 1 is 0.886 bits per heavy atom. The molecule has 0 aliphatic rings. The molecule has 0 unspecified atom stereocenters. The van der Waals surface area contributed by atoms with Crippen molar-refractivity contribution in [2.75, 3.05) is 11.9 Å². The smallest absolute Gasteiger partial charge is 0.291 e. The number of benzene rings is 2. The number of hydrogen-bond donors (Lipinski definition) is 2. The molecule has 0 fully saturated rings. The molecule has 4 rings (SSSR count). The summed E-state index contributed by atoms with van der Waals surface area (Å²) < 4.78 is 16.7. The molecule has 2 aromatic carbocycles. The van der Waals surface area contributed by atoms with E-state index in [0.29, 0.717) is 42.5 Å². The van der Waals surface area contributed by atoms with Crippen LogP contribution < -0.4 is 20.1 Å². The van der Waals surface area contributed by atoms with Crippen molar-refractivity contribution < 1.29 is 23.5 Å². The van der Waals surface area contributed by atoms with Gasteiger partial charge in [-0.05, 0) is 72.6 Å². The van der Waals surface area contributed by atoms with Crippen LogP contribution in [0.25, 0.3) is 0 Å². The number of amides is 2. The fourth-order valence-electron chi connectivity index (χ4n) is 3.27. The number of ether oxygens (including phenoxy) is 2. The number of carbonyl (C=O) groups excluding carboxylic acids is 2. The topological polar surface area (TPSA) is 103 Å². The van der Waals surface area contributed by atoms with E-state index in [1.807, 2.05) is 31.2 Å². The normalized spacial score (nSPS) is 10.4. The van der Waals surface area contributed by atoms with Gasteiger partial charge in [0.05, 0.1) is 12.9 Å². The lowest BCUT2D eigenvalue weighted by molar-refractivity contribution is 0.0949. The van der Waals surface area contributed by atoms with Gasteiger partial charge in [-0.2, -0.15) is 0 Å². The molecule has 0 atom stereocenters. The van der Waals surface area contributed by atoms with Crippen molar-refractivity contribution in [3.63, 3.8) is 0 Å². The summed E-state index contributed by atoms with van der Waals surface area (Å²) in [5, 5.41) is 5.66. The van der Waals surface area contributed by atoms with Gasteiger partial charge in [-0.1, -0.05) is 12.1 Å². The number of nitrogens with zero attached hydrogens (tertiary/aromatic N) is 1. The van der Waals surface area contributed by atoms with Gasteiger partial charge in [-0.3, -0.25) is 14.6 Å². The second-order valence-electron chi connectivity index (χ2n) is 7.55. The van der Waals surface area contributed by atoms with E-state index in [2.05, 4.69) is 15.6 Å². The van der Waals surface area contributed by atoms with Crippen molar-refractivity contribution in [2.45, 2.75) is 20.1 Å². The summed E-state index contributed by atoms with van der Waals surface area (Å²) in [4.78, 5) is 28.8. The predicted molar refractivity (Wildman–Crippen MR) is 130 cm³/mol. The van der Waals surface area contributed by atoms with Gasteiger partial charge in [0.1, 0.15) is 6.61 Å². The second-order valence-corrected chi connectivity index (χ2v) is 7.55. The number of rotatable bonds is 10. The Labute approximate surface area is 202 Å². The first kappa shape index (κ1) is 23.6. The van der Waals surface area contributed by atoms with E-state index in [-0.39, 0.29) is 17.6 Å². The van der Waals surface area contributed by atoms with Gasteiger partial charge >= 0.3 is 0 Å². The molecule has 8 nitrogen and oxygen atoms in total. The first-order valence-corrected chi connectivity index (χ1v) is 11.1. The molecule has 2 heterocycles. The highest BCUT2D eigenvalue weighted by molar-refractivity contribution is 6.02. The SMILES string of the molecule is CCOc1cc(C(=O)NCc2ccc(NC(=O)c3ccco3)cc2)ccc1OCc1ccncc1. The van der Waals surface area contributed by atoms with Crippen LogP contribution in [0.2, 0.25) is 0 Å². The molecule has 35 heavy (non-hydrogen) atoms. The number of furan rings is 1. The number of aromatic nitrogens is 1. The number of anilines is 1. The Morgan fingerprint density at radius 3 is 2.40 bits per heavy atom. The molecule has 0 aliphatic heterocycles. The Bertz CT molecular complexity index is 1260. The molecule has 2 amide bonds. The van der Waals surface area contributed by atoms with Crippen molar-refractivity contribution in [2.24, 2.45) is 0 Å². The minimum absolute atomic E-state index is 0.234. The van der Waals surface area contributed by atoms with Crippen LogP contribution in [0.15, 0.2) is 89.8 Å². The molecule has 0 saturated carbocycles. The van der Waals surface area contributed by atoms with Crippen LogP contribution in [-0.4, -0.2) is 23.4 Å². The third-order valence-corrected chi connectivity index (χ3v) is 5.06. The van der Waals surface area contributed by atoms with E-state index < -0.39 is 0 Å². The fraction of sp³-hybridized carbons (Fsp3) is 0.148. The number of pyridine rings is 1. The fourth-order valence-corrected chi connectivity index (χ4v) is 3.27. The number of nitrogens with one attached hydrogen (secondary N) is 2. The minimum atomic E-state index is -0.325. The van der Waals surface area contributed by atoms with Crippen molar-refractivity contribution in [3.05, 3.63) is 108 Å². The van der Waals surface area contributed by atoms with Crippen molar-refractivity contribution in [3.8, 4) is 11.5 Å². The van der Waals surface area contributed by atoms with Gasteiger partial charge in [-0.15, -0.1) is 0 Å². The molecular weight excluding hydrogens is 446 g/mol. The zero-order valence-corrected chi connectivity index (χ0v) is 19.2. The van der Waals surface area contributed by atoms with Crippen LogP contribution in [0, 0.1) is 0 Å². The van der Waals surface area contributed by atoms with Crippen LogP contribution in [0.3, 0.4) is 0 Å². The molecule has 2 N–H and O–H groups in total. The molecule has 0 saturated heterocycles. The Balaban J connectivity index is 1.34. The maximum atomic E-state index is 12.7. The summed E-state index contributed by atoms with van der Waals surface area (Å²) in [7, 11) is 0. The Morgan fingerprint density at radius 2 is 1.69 bits per heavy atom. The van der Waals surface area contributed by atoms with Crippen LogP contribution >= 0.6 is 0 Å². The zero-order chi connectivity index (χ0) is 24.5. The lowest BCUT2D eigenvalue weighted by Crippen LogP contribution is -2.22. The summed E-state index contributed by atoms with van der Waals surface area (Å²) in [6.07, 6.45) is 4.86. The van der Waals surface area contributed by atoms with Gasteiger partial charge < -0.3 is 24.5 Å². The van der Waals surface area contributed by atoms with Crippen molar-refractivity contribution in [1.29, 1.82) is 0 Å². The Hall–Kier alpha value is -4.59. The Kier molecular flexibility index (Phi) is 7.75. The largest absolute Gasteiger partial charge is 0.490 e. The first-order chi connectivity index (χ1) is 17.1. The van der Waals surface area contributed by atoms with Gasteiger partial charge in [0.15, 0.2) is 17.3 Å². The molecule has 0 radical (unpaired) electrons. The first-order valence-electron chi connectivity index (χ1n) is 11.1. The van der Waals surface area contributed by atoms with E-state index in [0.717, 1.165) is 11.1 Å². The average Bonchev–Trinajstić information content (AvgIpc) is 3.43. The lowest BCUT2D eigenvalue weighted by Gasteiger charge is -2.14. The molecular formula is C27H25N3O5. The summed E-state index contributed by atoms with van der Waals surface area (Å²) in [6, 6.07) is 19.3. The second kappa shape index (κ2) is 11.5. The third kappa shape index (κ3) is 6.48. The molecule has 8 heteroatoms. The van der Waals surface area contributed by atoms with Crippen LogP contribution in [-0.2, 0) is 13.2 Å². The predicted octanol–water partition coefficient (Wildman–Crippen LogP) is 4.83. The summed E-state index contributed by atoms with van der Waals surface area (Å²) >= 11 is 0. The molecule has 0 spiro atoms. The molecule has 2 aromatic heterocycles. The third-order valence-electron chi connectivity index (χ3n) is 5.06. The van der Waals surface area contributed by atoms with Crippen LogP contribution in [0.5, 0.6) is 11.5 Å². The monoisotopic (exact) mass is 471 g/mol. The van der Waals surface area contributed by atoms with Gasteiger partial charge in [-0.25, -0.2) is 0 Å². The minimum Gasteiger partial charge on any atom is -0.490 e. The van der Waals surface area contributed by atoms with Crippen molar-refractivity contribution >= 4 is 17.5 Å². The van der Waals surface area contributed by atoms with Gasteiger partial charge in [0.2, 0.25) is 0 Å². The number of hydrogen-bond acceptors (Lipinski definition) is 6. The van der Waals surface area contributed by atoms with Crippen molar-refractivity contribution in [1.82, 2.24) is 10.3 Å². The van der Waals surface area contributed by atoms with Crippen LogP contribution in [0.4, 0.5) is 5.69 Å². The summed E-state index contributed by atoms with van der Waals surface area (Å²) in [6.45, 7) is 3.02. The zero-order valence-electron chi connectivity index (χ0n) is 19.2. The van der Waals surface area contributed by atoms with E-state index >= 15 is 0 Å². The maximum Gasteiger partial charge on any atom is 0.291 e. The van der Waals surface area contributed by atoms with Gasteiger partial charge in [0, 0.05) is 30.2 Å². The number of carbonyl (C=O) groups is 2. The standard InChI is InChI=1S/C27H25N3O5/c1-2-33-25-16-21(7-10-23(25)35-18-20-11-13-28-14-12-20)26(31)29-17-19-5-8-22(9-6-19)30-27(32)24-4-3-15-34-24/h3-16H,2,17-18H2,1H3,(H,29,31)(H,30,32). The average molecular weight is 472 g/mol. The molecule has 178 valence electrons. The highest BCUT2D eigenvalue weighted by Gasteiger charge is 2.13. The summed E-state index contributed by atoms with van der Waals surface area (Å²) in [5.74, 6) is 0.746. The molecule has 4 aromatic rings. The van der Waals surface area contributed by atoms with Crippen LogP contribution in [0.1, 0.15) is 39.0 Å². The quantitative estimate of drug-likeness (QED) is 0.343. The highest BCUT2D eigenvalue weighted by Crippen LogP contribution is 2.29. The molecule has 0 bridgehead atoms. The molecule has 0 aliphatic carbocycles. The van der Waals surface area contributed by atoms with E-state index in [4.69, 9.17) is 13.9 Å². The summed E-state index contributed by atoms with van der Waals surface area (Å²) in [5.41, 5.74) is 2.96. The van der Waals surface area contributed by atoms with Gasteiger partial charge in [0.25, 0.3) is 11.8 Å². The maximum absolute atomic E-state index is 12.7. The van der Waals surface area contributed by atoms with E-state index in [1.165, 1.54) is 6.26 Å². The van der Waals surface area contributed by atoms with E-state index in [9.17, 15) is 9.59 Å². The van der Waals surface area contributed by atoms with E-state index in [1.54, 1.807) is 54.9 Å². The lowest BCUT2D eigenvalue weighted by atomic mass is 10.1. The highest BCUT2D eigenvalue weighted by atomic mass is 16.5.